The van der Waals surface area contributed by atoms with Crippen LogP contribution in [0.25, 0.3) is 5.57 Å². The predicted octanol–water partition coefficient (Wildman–Crippen LogP) is 3.25. The minimum atomic E-state index is -4.85. The second-order valence-corrected chi connectivity index (χ2v) is 4.48. The lowest BCUT2D eigenvalue weighted by atomic mass is 10.0. The third kappa shape index (κ3) is 3.36. The highest BCUT2D eigenvalue weighted by molar-refractivity contribution is 6.23. The molecule has 1 saturated heterocycles. The number of likely N-dealkylation sites (tertiary alicyclic amines) is 1. The van der Waals surface area contributed by atoms with E-state index in [9.17, 15) is 18.0 Å². The highest BCUT2D eigenvalue weighted by Crippen LogP contribution is 2.27. The monoisotopic (exact) mass is 269 g/mol. The number of hydrogen-bond donors (Lipinski definition) is 0. The number of hydrogen-bond acceptors (Lipinski definition) is 2. The maximum atomic E-state index is 12.6. The smallest absolute Gasteiger partial charge is 0.377 e. The Labute approximate surface area is 109 Å². The third-order valence-corrected chi connectivity index (χ3v) is 3.04. The lowest BCUT2D eigenvalue weighted by Crippen LogP contribution is -2.25. The molecule has 1 heterocycles. The number of benzene rings is 1. The molecule has 1 aliphatic heterocycles. The Morgan fingerprint density at radius 2 is 1.68 bits per heavy atom. The van der Waals surface area contributed by atoms with Crippen LogP contribution in [0.2, 0.25) is 0 Å². The summed E-state index contributed by atoms with van der Waals surface area (Å²) in [6.07, 6.45) is -1.61. The molecule has 1 aromatic carbocycles. The summed E-state index contributed by atoms with van der Waals surface area (Å²) in [4.78, 5) is 13.3. The molecule has 0 saturated carbocycles. The molecule has 0 atom stereocenters. The van der Waals surface area contributed by atoms with E-state index in [1.807, 2.05) is 0 Å². The number of Topliss-reactive ketones (excluding diaryl/α,β-unsaturated/α-hetero) is 1. The normalized spacial score (nSPS) is 16.8. The summed E-state index contributed by atoms with van der Waals surface area (Å²) in [5.41, 5.74) is 0.0201. The molecule has 0 unspecified atom stereocenters. The van der Waals surface area contributed by atoms with Gasteiger partial charge in [0.1, 0.15) is 0 Å². The Hall–Kier alpha value is -1.78. The van der Waals surface area contributed by atoms with Gasteiger partial charge in [-0.1, -0.05) is 30.3 Å². The summed E-state index contributed by atoms with van der Waals surface area (Å²) in [7, 11) is 0. The average molecular weight is 269 g/mol. The summed E-state index contributed by atoms with van der Waals surface area (Å²) >= 11 is 0. The Morgan fingerprint density at radius 3 is 2.21 bits per heavy atom. The van der Waals surface area contributed by atoms with Crippen LogP contribution in [0.3, 0.4) is 0 Å². The Bertz CT molecular complexity index is 473. The van der Waals surface area contributed by atoms with Gasteiger partial charge in [0.2, 0.25) is 0 Å². The first-order valence-electron chi connectivity index (χ1n) is 6.11. The van der Waals surface area contributed by atoms with Gasteiger partial charge in [-0.2, -0.15) is 13.2 Å². The minimum absolute atomic E-state index is 0.282. The fraction of sp³-hybridized carbons (Fsp3) is 0.357. The molecule has 0 amide bonds. The first-order valence-corrected chi connectivity index (χ1v) is 6.11. The summed E-state index contributed by atoms with van der Waals surface area (Å²) < 4.78 is 37.9. The van der Waals surface area contributed by atoms with Crippen LogP contribution in [0.1, 0.15) is 18.4 Å². The van der Waals surface area contributed by atoms with E-state index in [-0.39, 0.29) is 5.57 Å². The fourth-order valence-electron chi connectivity index (χ4n) is 2.09. The van der Waals surface area contributed by atoms with Crippen molar-refractivity contribution in [1.29, 1.82) is 0 Å². The quantitative estimate of drug-likeness (QED) is 0.785. The zero-order valence-corrected chi connectivity index (χ0v) is 10.3. The zero-order chi connectivity index (χ0) is 13.9. The van der Waals surface area contributed by atoms with Crippen LogP contribution in [0.5, 0.6) is 0 Å². The number of alkyl halides is 3. The van der Waals surface area contributed by atoms with Gasteiger partial charge in [0, 0.05) is 19.3 Å². The van der Waals surface area contributed by atoms with Gasteiger partial charge in [0.05, 0.1) is 5.57 Å². The number of rotatable bonds is 3. The average Bonchev–Trinajstić information content (AvgIpc) is 2.88. The number of halogens is 3. The Kier molecular flexibility index (Phi) is 3.93. The van der Waals surface area contributed by atoms with E-state index in [2.05, 4.69) is 0 Å². The molecule has 0 radical (unpaired) electrons. The fourth-order valence-corrected chi connectivity index (χ4v) is 2.09. The number of carbonyl (C=O) groups excluding carboxylic acids is 1. The SMILES string of the molecule is O=C(/C(=C\N1CCCC1)c1ccccc1)C(F)(F)F. The van der Waals surface area contributed by atoms with Crippen LogP contribution >= 0.6 is 0 Å². The van der Waals surface area contributed by atoms with E-state index in [1.165, 1.54) is 18.3 Å². The van der Waals surface area contributed by atoms with Crippen molar-refractivity contribution in [2.45, 2.75) is 19.0 Å². The number of allylic oxidation sites excluding steroid dienone is 1. The first-order chi connectivity index (χ1) is 8.98. The maximum Gasteiger partial charge on any atom is 0.454 e. The molecule has 1 aromatic rings. The third-order valence-electron chi connectivity index (χ3n) is 3.04. The summed E-state index contributed by atoms with van der Waals surface area (Å²) in [5.74, 6) is -1.79. The minimum Gasteiger partial charge on any atom is -0.377 e. The van der Waals surface area contributed by atoms with Crippen molar-refractivity contribution in [1.82, 2.24) is 4.90 Å². The van der Waals surface area contributed by atoms with Gasteiger partial charge in [-0.3, -0.25) is 4.79 Å². The molecule has 0 aliphatic carbocycles. The summed E-state index contributed by atoms with van der Waals surface area (Å²) in [5, 5.41) is 0. The second-order valence-electron chi connectivity index (χ2n) is 4.48. The molecule has 1 fully saturated rings. The van der Waals surface area contributed by atoms with Crippen molar-refractivity contribution >= 4 is 11.4 Å². The molecule has 1 aliphatic rings. The van der Waals surface area contributed by atoms with Gasteiger partial charge >= 0.3 is 6.18 Å². The van der Waals surface area contributed by atoms with Crippen LogP contribution in [-0.4, -0.2) is 29.9 Å². The molecule has 102 valence electrons. The van der Waals surface area contributed by atoms with Crippen molar-refractivity contribution in [2.24, 2.45) is 0 Å². The van der Waals surface area contributed by atoms with Crippen LogP contribution in [0.15, 0.2) is 36.5 Å². The Morgan fingerprint density at radius 1 is 1.11 bits per heavy atom. The Balaban J connectivity index is 2.36. The molecule has 0 aromatic heterocycles. The highest BCUT2D eigenvalue weighted by atomic mass is 19.4. The van der Waals surface area contributed by atoms with Crippen molar-refractivity contribution in [3.05, 3.63) is 42.1 Å². The maximum absolute atomic E-state index is 12.6. The first kappa shape index (κ1) is 13.6. The zero-order valence-electron chi connectivity index (χ0n) is 10.3. The van der Waals surface area contributed by atoms with E-state index in [1.54, 1.807) is 23.1 Å². The molecule has 5 heteroatoms. The molecule has 2 nitrogen and oxygen atoms in total. The van der Waals surface area contributed by atoms with Gasteiger partial charge in [-0.15, -0.1) is 0 Å². The predicted molar refractivity (Wildman–Crippen MR) is 66.3 cm³/mol. The van der Waals surface area contributed by atoms with Gasteiger partial charge in [0.25, 0.3) is 5.78 Å². The van der Waals surface area contributed by atoms with Crippen LogP contribution < -0.4 is 0 Å². The van der Waals surface area contributed by atoms with Gasteiger partial charge in [-0.05, 0) is 18.4 Å². The van der Waals surface area contributed by atoms with Crippen molar-refractivity contribution < 1.29 is 18.0 Å². The largest absolute Gasteiger partial charge is 0.454 e. The standard InChI is InChI=1S/C14H14F3NO/c15-14(16,17)13(19)12(10-18-8-4-5-9-18)11-6-2-1-3-7-11/h1-3,6-7,10H,4-5,8-9H2/b12-10-. The van der Waals surface area contributed by atoms with Gasteiger partial charge in [0.15, 0.2) is 0 Å². The van der Waals surface area contributed by atoms with Crippen LogP contribution in [0, 0.1) is 0 Å². The van der Waals surface area contributed by atoms with E-state index < -0.39 is 12.0 Å². The molecule has 0 spiro atoms. The van der Waals surface area contributed by atoms with Crippen LogP contribution in [-0.2, 0) is 4.79 Å². The van der Waals surface area contributed by atoms with Crippen LogP contribution in [0.4, 0.5) is 13.2 Å². The van der Waals surface area contributed by atoms with E-state index in [0.29, 0.717) is 18.7 Å². The second kappa shape index (κ2) is 5.47. The number of ketones is 1. The molecule has 19 heavy (non-hydrogen) atoms. The van der Waals surface area contributed by atoms with Crippen molar-refractivity contribution in [3.63, 3.8) is 0 Å². The van der Waals surface area contributed by atoms with Crippen molar-refractivity contribution in [3.8, 4) is 0 Å². The van der Waals surface area contributed by atoms with Crippen molar-refractivity contribution in [2.75, 3.05) is 13.1 Å². The molecular formula is C14H14F3NO. The van der Waals surface area contributed by atoms with E-state index >= 15 is 0 Å². The number of nitrogens with zero attached hydrogens (tertiary/aromatic N) is 1. The molecule has 0 bridgehead atoms. The molecular weight excluding hydrogens is 255 g/mol. The van der Waals surface area contributed by atoms with E-state index in [4.69, 9.17) is 0 Å². The lowest BCUT2D eigenvalue weighted by Gasteiger charge is -2.16. The summed E-state index contributed by atoms with van der Waals surface area (Å²) in [6, 6.07) is 7.99. The molecule has 0 N–H and O–H groups in total. The van der Waals surface area contributed by atoms with Gasteiger partial charge < -0.3 is 4.90 Å². The summed E-state index contributed by atoms with van der Waals surface area (Å²) in [6.45, 7) is 1.39. The topological polar surface area (TPSA) is 20.3 Å². The van der Waals surface area contributed by atoms with Gasteiger partial charge in [-0.25, -0.2) is 0 Å². The lowest BCUT2D eigenvalue weighted by molar-refractivity contribution is -0.164. The molecule has 2 rings (SSSR count). The van der Waals surface area contributed by atoms with E-state index in [0.717, 1.165) is 12.8 Å². The number of carbonyl (C=O) groups is 1. The highest BCUT2D eigenvalue weighted by Gasteiger charge is 2.41.